The first-order valence-electron chi connectivity index (χ1n) is 8.69. The Morgan fingerprint density at radius 1 is 1.22 bits per heavy atom. The molecule has 8 nitrogen and oxygen atoms in total. The zero-order chi connectivity index (χ0) is 19.3. The van der Waals surface area contributed by atoms with Crippen LogP contribution in [0.5, 0.6) is 5.75 Å². The number of rotatable bonds is 4. The molecule has 0 aliphatic carbocycles. The number of nitrogens with zero attached hydrogens (tertiary/aromatic N) is 5. The summed E-state index contributed by atoms with van der Waals surface area (Å²) in [6, 6.07) is 7.73. The van der Waals surface area contributed by atoms with E-state index in [0.29, 0.717) is 36.8 Å². The molecule has 0 bridgehead atoms. The van der Waals surface area contributed by atoms with E-state index in [1.54, 1.807) is 7.05 Å². The Morgan fingerprint density at radius 3 is 2.74 bits per heavy atom. The molecular formula is C19H21N5O3. The fourth-order valence-electron chi connectivity index (χ4n) is 3.35. The van der Waals surface area contributed by atoms with Gasteiger partial charge >= 0.3 is 5.69 Å². The summed E-state index contributed by atoms with van der Waals surface area (Å²) in [5, 5.41) is 0. The maximum absolute atomic E-state index is 12.6. The Morgan fingerprint density at radius 2 is 2.00 bits per heavy atom. The average Bonchev–Trinajstić information content (AvgIpc) is 3.22. The summed E-state index contributed by atoms with van der Waals surface area (Å²) in [6.45, 7) is 7.53. The van der Waals surface area contributed by atoms with Gasteiger partial charge in [0.2, 0.25) is 5.95 Å². The van der Waals surface area contributed by atoms with Gasteiger partial charge in [0.25, 0.3) is 5.56 Å². The summed E-state index contributed by atoms with van der Waals surface area (Å²) in [6.07, 6.45) is 0. The van der Waals surface area contributed by atoms with E-state index in [0.717, 1.165) is 21.6 Å². The van der Waals surface area contributed by atoms with Crippen LogP contribution in [0.2, 0.25) is 0 Å². The molecule has 0 unspecified atom stereocenters. The van der Waals surface area contributed by atoms with E-state index >= 15 is 0 Å². The molecule has 140 valence electrons. The molecule has 0 fully saturated rings. The molecule has 2 aromatic heterocycles. The van der Waals surface area contributed by atoms with Crippen molar-refractivity contribution in [3.8, 4) is 5.75 Å². The highest BCUT2D eigenvalue weighted by Crippen LogP contribution is 2.33. The van der Waals surface area contributed by atoms with Crippen LogP contribution in [-0.4, -0.2) is 31.8 Å². The molecule has 4 rings (SSSR count). The number of ether oxygens (including phenoxy) is 1. The lowest BCUT2D eigenvalue weighted by Crippen LogP contribution is -2.37. The summed E-state index contributed by atoms with van der Waals surface area (Å²) in [7, 11) is 3.11. The normalized spacial score (nSPS) is 13.2. The molecule has 0 spiro atoms. The van der Waals surface area contributed by atoms with Crippen LogP contribution in [0.3, 0.4) is 0 Å². The highest BCUT2D eigenvalue weighted by molar-refractivity contribution is 5.77. The minimum absolute atomic E-state index is 0.327. The Balaban J connectivity index is 1.81. The second-order valence-corrected chi connectivity index (χ2v) is 6.84. The van der Waals surface area contributed by atoms with Gasteiger partial charge in [-0.1, -0.05) is 12.6 Å². The predicted octanol–water partition coefficient (Wildman–Crippen LogP) is 1.54. The van der Waals surface area contributed by atoms with Crippen LogP contribution in [0.25, 0.3) is 11.2 Å². The van der Waals surface area contributed by atoms with Gasteiger partial charge in [-0.05, 0) is 24.6 Å². The maximum Gasteiger partial charge on any atom is 0.332 e. The number of imidazole rings is 1. The zero-order valence-corrected chi connectivity index (χ0v) is 15.6. The number of hydrogen-bond donors (Lipinski definition) is 0. The first-order valence-corrected chi connectivity index (χ1v) is 8.69. The number of anilines is 2. The summed E-state index contributed by atoms with van der Waals surface area (Å²) < 4.78 is 10.1. The quantitative estimate of drug-likeness (QED) is 0.654. The van der Waals surface area contributed by atoms with Gasteiger partial charge in [-0.15, -0.1) is 0 Å². The molecule has 3 heterocycles. The zero-order valence-electron chi connectivity index (χ0n) is 15.6. The van der Waals surface area contributed by atoms with Crippen molar-refractivity contribution in [2.24, 2.45) is 14.1 Å². The minimum Gasteiger partial charge on any atom is -0.489 e. The Hall–Kier alpha value is -3.29. The Bertz CT molecular complexity index is 1180. The van der Waals surface area contributed by atoms with E-state index in [1.807, 2.05) is 40.7 Å². The van der Waals surface area contributed by atoms with Gasteiger partial charge in [0.1, 0.15) is 12.4 Å². The molecule has 0 N–H and O–H groups in total. The lowest BCUT2D eigenvalue weighted by atomic mass is 10.2. The van der Waals surface area contributed by atoms with Crippen LogP contribution in [0.1, 0.15) is 6.92 Å². The number of fused-ring (bicyclic) bond motifs is 3. The average molecular weight is 367 g/mol. The van der Waals surface area contributed by atoms with Crippen molar-refractivity contribution in [1.29, 1.82) is 0 Å². The van der Waals surface area contributed by atoms with Crippen LogP contribution >= 0.6 is 0 Å². The molecule has 27 heavy (non-hydrogen) atoms. The standard InChI is InChI=1S/C19H21N5O3/c1-12(2)11-27-14-7-5-6-13(10-14)23-8-9-24-15-16(20-18(23)24)21(3)19(26)22(4)17(15)25/h5-7,10H,1,8-9,11H2,2-4H3. The first-order chi connectivity index (χ1) is 12.9. The van der Waals surface area contributed by atoms with Crippen molar-refractivity contribution in [2.45, 2.75) is 13.5 Å². The van der Waals surface area contributed by atoms with E-state index < -0.39 is 0 Å². The second-order valence-electron chi connectivity index (χ2n) is 6.84. The van der Waals surface area contributed by atoms with Gasteiger partial charge in [-0.2, -0.15) is 4.98 Å². The predicted molar refractivity (Wildman–Crippen MR) is 104 cm³/mol. The lowest BCUT2D eigenvalue weighted by molar-refractivity contribution is 0.353. The smallest absolute Gasteiger partial charge is 0.332 e. The summed E-state index contributed by atoms with van der Waals surface area (Å²) in [5.41, 5.74) is 2.01. The number of hydrogen-bond acceptors (Lipinski definition) is 5. The van der Waals surface area contributed by atoms with Crippen molar-refractivity contribution in [1.82, 2.24) is 18.7 Å². The van der Waals surface area contributed by atoms with Crippen LogP contribution in [0.4, 0.5) is 11.6 Å². The molecule has 0 atom stereocenters. The third-order valence-electron chi connectivity index (χ3n) is 4.73. The fourth-order valence-corrected chi connectivity index (χ4v) is 3.35. The van der Waals surface area contributed by atoms with Crippen molar-refractivity contribution in [2.75, 3.05) is 18.1 Å². The van der Waals surface area contributed by atoms with Gasteiger partial charge in [-0.25, -0.2) is 4.79 Å². The molecule has 3 aromatic rings. The second kappa shape index (κ2) is 6.15. The number of aromatic nitrogens is 4. The molecule has 1 aliphatic heterocycles. The van der Waals surface area contributed by atoms with Crippen LogP contribution < -0.4 is 20.9 Å². The van der Waals surface area contributed by atoms with E-state index in [1.165, 1.54) is 11.6 Å². The Kier molecular flexibility index (Phi) is 3.91. The molecule has 0 amide bonds. The third kappa shape index (κ3) is 2.64. The van der Waals surface area contributed by atoms with Crippen LogP contribution in [-0.2, 0) is 20.6 Å². The monoisotopic (exact) mass is 367 g/mol. The highest BCUT2D eigenvalue weighted by atomic mass is 16.5. The highest BCUT2D eigenvalue weighted by Gasteiger charge is 2.28. The van der Waals surface area contributed by atoms with Crippen molar-refractivity contribution in [3.63, 3.8) is 0 Å². The molecule has 1 aliphatic rings. The van der Waals surface area contributed by atoms with Gasteiger partial charge in [0.05, 0.1) is 0 Å². The molecule has 0 saturated carbocycles. The van der Waals surface area contributed by atoms with Gasteiger partial charge < -0.3 is 14.2 Å². The summed E-state index contributed by atoms with van der Waals surface area (Å²) >= 11 is 0. The fraction of sp³-hybridized carbons (Fsp3) is 0.316. The van der Waals surface area contributed by atoms with E-state index in [4.69, 9.17) is 4.74 Å². The van der Waals surface area contributed by atoms with Crippen molar-refractivity contribution < 1.29 is 4.74 Å². The van der Waals surface area contributed by atoms with E-state index in [2.05, 4.69) is 11.6 Å². The van der Waals surface area contributed by atoms with Crippen molar-refractivity contribution in [3.05, 3.63) is 57.3 Å². The van der Waals surface area contributed by atoms with E-state index in [9.17, 15) is 9.59 Å². The first kappa shape index (κ1) is 17.1. The molecule has 8 heteroatoms. The van der Waals surface area contributed by atoms with Crippen LogP contribution in [0, 0.1) is 0 Å². The van der Waals surface area contributed by atoms with E-state index in [-0.39, 0.29) is 11.2 Å². The molecule has 0 saturated heterocycles. The molecule has 1 aromatic carbocycles. The Labute approximate surface area is 155 Å². The molecule has 0 radical (unpaired) electrons. The number of benzene rings is 1. The SMILES string of the molecule is C=C(C)COc1cccc(N2CCn3c2nc2c3c(=O)n(C)c(=O)n2C)c1. The minimum atomic E-state index is -0.383. The lowest BCUT2D eigenvalue weighted by Gasteiger charge is -2.17. The maximum atomic E-state index is 12.6. The summed E-state index contributed by atoms with van der Waals surface area (Å²) in [5.74, 6) is 1.40. The molecular weight excluding hydrogens is 346 g/mol. The summed E-state index contributed by atoms with van der Waals surface area (Å²) in [4.78, 5) is 31.4. The largest absolute Gasteiger partial charge is 0.489 e. The van der Waals surface area contributed by atoms with Gasteiger partial charge in [0, 0.05) is 38.9 Å². The van der Waals surface area contributed by atoms with Gasteiger partial charge in [-0.3, -0.25) is 13.9 Å². The number of aryl methyl sites for hydroxylation is 1. The van der Waals surface area contributed by atoms with Gasteiger partial charge in [0.15, 0.2) is 11.2 Å². The third-order valence-corrected chi connectivity index (χ3v) is 4.73. The topological polar surface area (TPSA) is 74.3 Å². The van der Waals surface area contributed by atoms with Crippen molar-refractivity contribution >= 4 is 22.8 Å². The van der Waals surface area contributed by atoms with Crippen LogP contribution in [0.15, 0.2) is 46.0 Å².